The van der Waals surface area contributed by atoms with Crippen molar-refractivity contribution < 1.29 is 14.3 Å². The molecule has 0 saturated heterocycles. The van der Waals surface area contributed by atoms with Crippen molar-refractivity contribution in [3.63, 3.8) is 0 Å². The number of rotatable bonds is 3. The van der Waals surface area contributed by atoms with Crippen LogP contribution in [0.1, 0.15) is 38.8 Å². The first-order chi connectivity index (χ1) is 9.35. The first kappa shape index (κ1) is 15.9. The molecule has 0 bridgehead atoms. The van der Waals surface area contributed by atoms with Gasteiger partial charge in [-0.05, 0) is 39.8 Å². The highest BCUT2D eigenvalue weighted by molar-refractivity contribution is 5.67. The summed E-state index contributed by atoms with van der Waals surface area (Å²) in [6, 6.07) is 5.63. The molecule has 1 amide bonds. The van der Waals surface area contributed by atoms with Crippen molar-refractivity contribution in [1.82, 2.24) is 5.32 Å². The van der Waals surface area contributed by atoms with Crippen molar-refractivity contribution in [2.75, 3.05) is 7.11 Å². The molecule has 0 spiro atoms. The van der Waals surface area contributed by atoms with Crippen LogP contribution in [-0.4, -0.2) is 18.8 Å². The van der Waals surface area contributed by atoms with Gasteiger partial charge >= 0.3 is 6.09 Å². The van der Waals surface area contributed by atoms with Gasteiger partial charge in [0.15, 0.2) is 0 Å². The topological polar surface area (TPSA) is 47.6 Å². The fraction of sp³-hybridized carbons (Fsp3) is 0.438. The highest BCUT2D eigenvalue weighted by Gasteiger charge is 2.16. The van der Waals surface area contributed by atoms with E-state index in [0.29, 0.717) is 12.3 Å². The van der Waals surface area contributed by atoms with Gasteiger partial charge in [-0.1, -0.05) is 12.0 Å². The molecule has 108 valence electrons. The first-order valence-electron chi connectivity index (χ1n) is 6.42. The molecule has 0 heterocycles. The summed E-state index contributed by atoms with van der Waals surface area (Å²) in [5, 5.41) is 2.70. The summed E-state index contributed by atoms with van der Waals surface area (Å²) in [5.74, 6) is 6.49. The minimum absolute atomic E-state index is 0.345. The lowest BCUT2D eigenvalue weighted by molar-refractivity contribution is 0.0523. The highest BCUT2D eigenvalue weighted by atomic mass is 16.6. The Bertz CT molecular complexity index is 533. The zero-order valence-electron chi connectivity index (χ0n) is 12.7. The number of methoxy groups -OCH3 is 1. The molecule has 0 fully saturated rings. The number of ether oxygens (including phenoxy) is 2. The average molecular weight is 275 g/mol. The van der Waals surface area contributed by atoms with Gasteiger partial charge < -0.3 is 14.8 Å². The molecule has 0 aliphatic rings. The third-order valence-electron chi connectivity index (χ3n) is 2.38. The molecule has 0 aromatic heterocycles. The van der Waals surface area contributed by atoms with Gasteiger partial charge in [0.25, 0.3) is 0 Å². The first-order valence-corrected chi connectivity index (χ1v) is 6.42. The molecule has 20 heavy (non-hydrogen) atoms. The molecule has 0 unspecified atom stereocenters. The van der Waals surface area contributed by atoms with Crippen molar-refractivity contribution in [2.45, 2.75) is 39.8 Å². The maximum absolute atomic E-state index is 11.6. The number of hydrogen-bond acceptors (Lipinski definition) is 3. The normalized spacial score (nSPS) is 10.2. The molecule has 1 N–H and O–H groups in total. The van der Waals surface area contributed by atoms with Crippen LogP contribution in [0.3, 0.4) is 0 Å². The third kappa shape index (κ3) is 5.23. The van der Waals surface area contributed by atoms with Crippen molar-refractivity contribution in [3.05, 3.63) is 29.3 Å². The number of benzene rings is 1. The van der Waals surface area contributed by atoms with Crippen molar-refractivity contribution in [2.24, 2.45) is 0 Å². The molecule has 0 saturated carbocycles. The Balaban J connectivity index is 2.72. The summed E-state index contributed by atoms with van der Waals surface area (Å²) in [7, 11) is 1.59. The second kappa shape index (κ2) is 6.85. The SMILES string of the molecule is CC#Cc1ccc(CNC(=O)OC(C)(C)C)c(OC)c1. The van der Waals surface area contributed by atoms with Gasteiger partial charge in [-0.2, -0.15) is 0 Å². The lowest BCUT2D eigenvalue weighted by atomic mass is 10.1. The molecule has 4 heteroatoms. The number of hydrogen-bond donors (Lipinski definition) is 1. The molecule has 0 aliphatic heterocycles. The summed E-state index contributed by atoms with van der Waals surface area (Å²) in [5.41, 5.74) is 1.25. The third-order valence-corrected chi connectivity index (χ3v) is 2.38. The second-order valence-electron chi connectivity index (χ2n) is 5.26. The van der Waals surface area contributed by atoms with E-state index in [1.807, 2.05) is 39.0 Å². The Morgan fingerprint density at radius 3 is 2.60 bits per heavy atom. The predicted molar refractivity (Wildman–Crippen MR) is 78.6 cm³/mol. The molecule has 0 aliphatic carbocycles. The van der Waals surface area contributed by atoms with Crippen molar-refractivity contribution in [3.8, 4) is 17.6 Å². The number of alkyl carbamates (subject to hydrolysis) is 1. The average Bonchev–Trinajstić information content (AvgIpc) is 2.35. The highest BCUT2D eigenvalue weighted by Crippen LogP contribution is 2.20. The van der Waals surface area contributed by atoms with Gasteiger partial charge in [0.1, 0.15) is 11.4 Å². The van der Waals surface area contributed by atoms with E-state index in [2.05, 4.69) is 17.2 Å². The number of carbonyl (C=O) groups is 1. The van der Waals surface area contributed by atoms with E-state index in [4.69, 9.17) is 9.47 Å². The summed E-state index contributed by atoms with van der Waals surface area (Å²) in [4.78, 5) is 11.6. The number of nitrogens with one attached hydrogen (secondary N) is 1. The second-order valence-corrected chi connectivity index (χ2v) is 5.26. The van der Waals surface area contributed by atoms with E-state index < -0.39 is 11.7 Å². The van der Waals surface area contributed by atoms with Crippen LogP contribution in [0.2, 0.25) is 0 Å². The van der Waals surface area contributed by atoms with Crippen molar-refractivity contribution in [1.29, 1.82) is 0 Å². The Morgan fingerprint density at radius 1 is 1.35 bits per heavy atom. The Labute approximate surface area is 120 Å². The molecule has 0 atom stereocenters. The number of amides is 1. The van der Waals surface area contributed by atoms with Crippen molar-refractivity contribution >= 4 is 6.09 Å². The van der Waals surface area contributed by atoms with Gasteiger partial charge in [0, 0.05) is 17.7 Å². The van der Waals surface area contributed by atoms with Gasteiger partial charge in [0.05, 0.1) is 7.11 Å². The van der Waals surface area contributed by atoms with Gasteiger partial charge in [-0.15, -0.1) is 5.92 Å². The Morgan fingerprint density at radius 2 is 2.05 bits per heavy atom. The Hall–Kier alpha value is -2.15. The van der Waals surface area contributed by atoms with Crippen LogP contribution in [-0.2, 0) is 11.3 Å². The molecule has 0 radical (unpaired) electrons. The smallest absolute Gasteiger partial charge is 0.407 e. The number of carbonyl (C=O) groups excluding carboxylic acids is 1. The molecular formula is C16H21NO3. The summed E-state index contributed by atoms with van der Waals surface area (Å²) in [6.45, 7) is 7.60. The predicted octanol–water partition coefficient (Wildman–Crippen LogP) is 3.09. The minimum Gasteiger partial charge on any atom is -0.496 e. The summed E-state index contributed by atoms with van der Waals surface area (Å²) in [6.07, 6.45) is -0.447. The van der Waals surface area contributed by atoms with E-state index in [1.165, 1.54) is 0 Å². The molecule has 1 rings (SSSR count). The van der Waals surface area contributed by atoms with Crippen LogP contribution in [0.4, 0.5) is 4.79 Å². The molecular weight excluding hydrogens is 254 g/mol. The van der Waals surface area contributed by atoms with Crippen LogP contribution in [0, 0.1) is 11.8 Å². The lowest BCUT2D eigenvalue weighted by Gasteiger charge is -2.20. The fourth-order valence-electron chi connectivity index (χ4n) is 1.59. The quantitative estimate of drug-likeness (QED) is 0.862. The maximum atomic E-state index is 11.6. The zero-order chi connectivity index (χ0) is 15.2. The van der Waals surface area contributed by atoms with E-state index in [0.717, 1.165) is 11.1 Å². The molecule has 4 nitrogen and oxygen atoms in total. The maximum Gasteiger partial charge on any atom is 0.407 e. The van der Waals surface area contributed by atoms with Crippen LogP contribution in [0.5, 0.6) is 5.75 Å². The summed E-state index contributed by atoms with van der Waals surface area (Å²) >= 11 is 0. The summed E-state index contributed by atoms with van der Waals surface area (Å²) < 4.78 is 10.5. The van der Waals surface area contributed by atoms with Crippen LogP contribution >= 0.6 is 0 Å². The standard InChI is InChI=1S/C16H21NO3/c1-6-7-12-8-9-13(14(10-12)19-5)11-17-15(18)20-16(2,3)4/h8-10H,11H2,1-5H3,(H,17,18). The Kier molecular flexibility index (Phi) is 5.45. The largest absolute Gasteiger partial charge is 0.496 e. The fourth-order valence-corrected chi connectivity index (χ4v) is 1.59. The zero-order valence-corrected chi connectivity index (χ0v) is 12.7. The van der Waals surface area contributed by atoms with Gasteiger partial charge in [0.2, 0.25) is 0 Å². The van der Waals surface area contributed by atoms with Crippen LogP contribution in [0.15, 0.2) is 18.2 Å². The van der Waals surface area contributed by atoms with Gasteiger partial charge in [-0.3, -0.25) is 0 Å². The van der Waals surface area contributed by atoms with E-state index in [1.54, 1.807) is 14.0 Å². The van der Waals surface area contributed by atoms with Gasteiger partial charge in [-0.25, -0.2) is 4.79 Å². The molecule has 1 aromatic rings. The lowest BCUT2D eigenvalue weighted by Crippen LogP contribution is -2.32. The van der Waals surface area contributed by atoms with Crippen LogP contribution < -0.4 is 10.1 Å². The minimum atomic E-state index is -0.505. The van der Waals surface area contributed by atoms with E-state index >= 15 is 0 Å². The van der Waals surface area contributed by atoms with E-state index in [-0.39, 0.29) is 0 Å². The van der Waals surface area contributed by atoms with E-state index in [9.17, 15) is 4.79 Å². The van der Waals surface area contributed by atoms with Crippen LogP contribution in [0.25, 0.3) is 0 Å². The monoisotopic (exact) mass is 275 g/mol. The molecule has 1 aromatic carbocycles.